The molecular weight excluding hydrogens is 182 g/mol. The van der Waals surface area contributed by atoms with E-state index in [9.17, 15) is 0 Å². The first-order chi connectivity index (χ1) is 7.11. The predicted octanol–water partition coefficient (Wildman–Crippen LogP) is 3.65. The second-order valence-electron chi connectivity index (χ2n) is 3.16. The van der Waals surface area contributed by atoms with Gasteiger partial charge in [0.2, 0.25) is 0 Å². The lowest BCUT2D eigenvalue weighted by molar-refractivity contribution is 1.12. The lowest BCUT2D eigenvalue weighted by atomic mass is 10.1. The van der Waals surface area contributed by atoms with Gasteiger partial charge in [-0.15, -0.1) is 12.8 Å². The molecule has 1 rings (SSSR count). The molecule has 0 spiro atoms. The maximum absolute atomic E-state index is 4.00. The van der Waals surface area contributed by atoms with Crippen LogP contribution in [0.1, 0.15) is 25.0 Å². The molecule has 0 saturated heterocycles. The molecule has 15 heavy (non-hydrogen) atoms. The molecule has 1 aromatic carbocycles. The van der Waals surface area contributed by atoms with Crippen LogP contribution in [0.3, 0.4) is 0 Å². The summed E-state index contributed by atoms with van der Waals surface area (Å²) in [5.74, 6) is 0. The molecule has 0 aromatic heterocycles. The fraction of sp³-hybridized carbons (Fsp3) is 0.429. The van der Waals surface area contributed by atoms with Crippen molar-refractivity contribution in [3.05, 3.63) is 29.3 Å². The van der Waals surface area contributed by atoms with Gasteiger partial charge in [0.1, 0.15) is 0 Å². The summed E-state index contributed by atoms with van der Waals surface area (Å²) in [7, 11) is 4.12. The minimum absolute atomic E-state index is 1.27. The van der Waals surface area contributed by atoms with Crippen LogP contribution in [0.5, 0.6) is 0 Å². The van der Waals surface area contributed by atoms with Crippen LogP contribution in [0.15, 0.2) is 18.2 Å². The number of nitrogens with zero attached hydrogens (tertiary/aromatic N) is 1. The largest absolute Gasteiger partial charge is 0.378 e. The van der Waals surface area contributed by atoms with Crippen LogP contribution in [-0.2, 0) is 0 Å². The topological polar surface area (TPSA) is 3.24 Å². The van der Waals surface area contributed by atoms with E-state index in [1.807, 2.05) is 13.8 Å². The van der Waals surface area contributed by atoms with Gasteiger partial charge in [-0.05, 0) is 37.1 Å². The first kappa shape index (κ1) is 16.0. The fourth-order valence-corrected chi connectivity index (χ4v) is 1.00. The van der Waals surface area contributed by atoms with Crippen molar-refractivity contribution in [2.24, 2.45) is 0 Å². The van der Waals surface area contributed by atoms with Gasteiger partial charge in [0, 0.05) is 19.8 Å². The van der Waals surface area contributed by atoms with Crippen molar-refractivity contribution >= 4 is 5.69 Å². The number of rotatable bonds is 1. The SMILES string of the molecule is C#C.CC.Cc1ccc(N(C)C)cc1C. The van der Waals surface area contributed by atoms with Crippen LogP contribution in [0, 0.1) is 26.7 Å². The molecule has 0 aliphatic heterocycles. The van der Waals surface area contributed by atoms with E-state index < -0.39 is 0 Å². The van der Waals surface area contributed by atoms with Gasteiger partial charge in [0.15, 0.2) is 0 Å². The number of aryl methyl sites for hydroxylation is 2. The van der Waals surface area contributed by atoms with Crippen LogP contribution < -0.4 is 4.90 Å². The first-order valence-electron chi connectivity index (χ1n) is 5.19. The highest BCUT2D eigenvalue weighted by atomic mass is 15.1. The number of benzene rings is 1. The monoisotopic (exact) mass is 205 g/mol. The Kier molecular flexibility index (Phi) is 9.77. The maximum atomic E-state index is 4.00. The second kappa shape index (κ2) is 9.15. The molecule has 0 unspecified atom stereocenters. The standard InChI is InChI=1S/C10H15N.C2H6.C2H2/c1-8-5-6-10(11(3)4)7-9(8)2;2*1-2/h5-7H,1-4H3;1-2H3;1-2H. The van der Waals surface area contributed by atoms with E-state index in [0.29, 0.717) is 0 Å². The molecule has 0 fully saturated rings. The molecule has 1 aromatic rings. The van der Waals surface area contributed by atoms with Crippen LogP contribution in [0.25, 0.3) is 0 Å². The predicted molar refractivity (Wildman–Crippen MR) is 71.5 cm³/mol. The Morgan fingerprint density at radius 1 is 0.933 bits per heavy atom. The molecule has 1 nitrogen and oxygen atoms in total. The van der Waals surface area contributed by atoms with Crippen molar-refractivity contribution in [3.63, 3.8) is 0 Å². The van der Waals surface area contributed by atoms with Crippen molar-refractivity contribution in [1.29, 1.82) is 0 Å². The average molecular weight is 205 g/mol. The van der Waals surface area contributed by atoms with Crippen LogP contribution in [-0.4, -0.2) is 14.1 Å². The summed E-state index contributed by atoms with van der Waals surface area (Å²) >= 11 is 0. The van der Waals surface area contributed by atoms with Gasteiger partial charge in [0.05, 0.1) is 0 Å². The smallest absolute Gasteiger partial charge is 0.0363 e. The van der Waals surface area contributed by atoms with Crippen LogP contribution >= 0.6 is 0 Å². The Bertz CT molecular complexity index is 285. The summed E-state index contributed by atoms with van der Waals surface area (Å²) in [5, 5.41) is 0. The molecule has 0 bridgehead atoms. The molecule has 0 aliphatic rings. The normalized spacial score (nSPS) is 7.73. The lowest BCUT2D eigenvalue weighted by Crippen LogP contribution is -2.08. The van der Waals surface area contributed by atoms with Gasteiger partial charge < -0.3 is 4.90 Å². The Morgan fingerprint density at radius 2 is 1.40 bits per heavy atom. The highest BCUT2D eigenvalue weighted by Gasteiger charge is 1.96. The molecule has 0 amide bonds. The number of anilines is 1. The van der Waals surface area contributed by atoms with Crippen molar-refractivity contribution in [3.8, 4) is 12.8 Å². The van der Waals surface area contributed by atoms with Crippen molar-refractivity contribution < 1.29 is 0 Å². The third-order valence-electron chi connectivity index (χ3n) is 2.01. The molecule has 1 heteroatoms. The molecule has 0 N–H and O–H groups in total. The molecular formula is C14H23N. The van der Waals surface area contributed by atoms with E-state index in [4.69, 9.17) is 0 Å². The Labute approximate surface area is 95.1 Å². The molecule has 0 aliphatic carbocycles. The van der Waals surface area contributed by atoms with Crippen LogP contribution in [0.2, 0.25) is 0 Å². The maximum Gasteiger partial charge on any atom is 0.0363 e. The summed E-state index contributed by atoms with van der Waals surface area (Å²) in [4.78, 5) is 2.12. The minimum atomic E-state index is 1.27. The number of hydrogen-bond acceptors (Lipinski definition) is 1. The van der Waals surface area contributed by atoms with Crippen LogP contribution in [0.4, 0.5) is 5.69 Å². The summed E-state index contributed by atoms with van der Waals surface area (Å²) < 4.78 is 0. The zero-order chi connectivity index (χ0) is 12.4. The van der Waals surface area contributed by atoms with Crippen molar-refractivity contribution in [2.45, 2.75) is 27.7 Å². The highest BCUT2D eigenvalue weighted by Crippen LogP contribution is 2.15. The third-order valence-corrected chi connectivity index (χ3v) is 2.01. The Balaban J connectivity index is 0. The van der Waals surface area contributed by atoms with E-state index in [1.165, 1.54) is 16.8 Å². The molecule has 84 valence electrons. The summed E-state index contributed by atoms with van der Waals surface area (Å²) in [6.45, 7) is 8.27. The quantitative estimate of drug-likeness (QED) is 0.633. The summed E-state index contributed by atoms with van der Waals surface area (Å²) in [6, 6.07) is 6.50. The van der Waals surface area contributed by atoms with Gasteiger partial charge in [-0.3, -0.25) is 0 Å². The van der Waals surface area contributed by atoms with Gasteiger partial charge in [0.25, 0.3) is 0 Å². The second-order valence-corrected chi connectivity index (χ2v) is 3.16. The summed E-state index contributed by atoms with van der Waals surface area (Å²) in [6.07, 6.45) is 8.00. The third kappa shape index (κ3) is 5.80. The highest BCUT2D eigenvalue weighted by molar-refractivity contribution is 5.49. The minimum Gasteiger partial charge on any atom is -0.378 e. The van der Waals surface area contributed by atoms with Crippen molar-refractivity contribution in [1.82, 2.24) is 0 Å². The first-order valence-corrected chi connectivity index (χ1v) is 5.19. The summed E-state index contributed by atoms with van der Waals surface area (Å²) in [5.41, 5.74) is 3.99. The zero-order valence-corrected chi connectivity index (χ0v) is 10.8. The van der Waals surface area contributed by atoms with Gasteiger partial charge >= 0.3 is 0 Å². The molecule has 0 saturated carbocycles. The van der Waals surface area contributed by atoms with Gasteiger partial charge in [-0.25, -0.2) is 0 Å². The van der Waals surface area contributed by atoms with E-state index in [1.54, 1.807) is 0 Å². The number of hydrogen-bond donors (Lipinski definition) is 0. The van der Waals surface area contributed by atoms with Crippen molar-refractivity contribution in [2.75, 3.05) is 19.0 Å². The molecule has 0 radical (unpaired) electrons. The van der Waals surface area contributed by atoms with E-state index in [-0.39, 0.29) is 0 Å². The average Bonchev–Trinajstić information content (AvgIpc) is 2.27. The van der Waals surface area contributed by atoms with E-state index in [2.05, 4.69) is 63.9 Å². The Morgan fingerprint density at radius 3 is 1.73 bits per heavy atom. The van der Waals surface area contributed by atoms with E-state index in [0.717, 1.165) is 0 Å². The lowest BCUT2D eigenvalue weighted by Gasteiger charge is -2.13. The number of terminal acetylenes is 1. The fourth-order valence-electron chi connectivity index (χ4n) is 1.00. The zero-order valence-electron chi connectivity index (χ0n) is 10.8. The van der Waals surface area contributed by atoms with Gasteiger partial charge in [-0.2, -0.15) is 0 Å². The molecule has 0 heterocycles. The van der Waals surface area contributed by atoms with E-state index >= 15 is 0 Å². The molecule has 0 atom stereocenters. The Hall–Kier alpha value is -1.42. The van der Waals surface area contributed by atoms with Gasteiger partial charge in [-0.1, -0.05) is 19.9 Å².